The molecule has 3 nitrogen and oxygen atoms in total. The predicted octanol–water partition coefficient (Wildman–Crippen LogP) is 2.25. The Labute approximate surface area is 102 Å². The second-order valence-corrected chi connectivity index (χ2v) is 4.42. The molecule has 0 fully saturated rings. The molecule has 0 radical (unpaired) electrons. The molecular formula is C12H11FN2OS. The fourth-order valence-electron chi connectivity index (χ4n) is 1.39. The largest absolute Gasteiger partial charge is 0.352 e. The van der Waals surface area contributed by atoms with E-state index in [0.717, 1.165) is 5.01 Å². The van der Waals surface area contributed by atoms with Gasteiger partial charge in [-0.05, 0) is 18.2 Å². The molecule has 0 saturated carbocycles. The van der Waals surface area contributed by atoms with E-state index >= 15 is 0 Å². The maximum atomic E-state index is 12.9. The van der Waals surface area contributed by atoms with Gasteiger partial charge in [-0.15, -0.1) is 11.3 Å². The molecule has 0 bridgehead atoms. The molecule has 1 amide bonds. The van der Waals surface area contributed by atoms with Crippen LogP contribution in [0.2, 0.25) is 0 Å². The lowest BCUT2D eigenvalue weighted by Crippen LogP contribution is -2.25. The van der Waals surface area contributed by atoms with Gasteiger partial charge >= 0.3 is 0 Å². The third-order valence-corrected chi connectivity index (χ3v) is 3.03. The van der Waals surface area contributed by atoms with Crippen molar-refractivity contribution in [3.8, 4) is 0 Å². The van der Waals surface area contributed by atoms with Gasteiger partial charge in [-0.1, -0.05) is 6.07 Å². The van der Waals surface area contributed by atoms with Gasteiger partial charge in [0.25, 0.3) is 5.91 Å². The first-order chi connectivity index (χ1) is 8.25. The molecule has 0 spiro atoms. The fourth-order valence-corrected chi connectivity index (χ4v) is 2.01. The van der Waals surface area contributed by atoms with E-state index in [-0.39, 0.29) is 5.91 Å². The number of nitrogens with one attached hydrogen (secondary N) is 1. The molecule has 88 valence electrons. The molecule has 0 aliphatic carbocycles. The number of carbonyl (C=O) groups is 1. The van der Waals surface area contributed by atoms with Crippen molar-refractivity contribution in [3.63, 3.8) is 0 Å². The van der Waals surface area contributed by atoms with E-state index in [9.17, 15) is 9.18 Å². The molecule has 2 aromatic rings. The van der Waals surface area contributed by atoms with Crippen LogP contribution in [-0.2, 0) is 6.42 Å². The molecule has 17 heavy (non-hydrogen) atoms. The van der Waals surface area contributed by atoms with Gasteiger partial charge in [0.1, 0.15) is 5.82 Å². The molecule has 0 unspecified atom stereocenters. The molecule has 1 N–H and O–H groups in total. The Morgan fingerprint density at radius 2 is 2.35 bits per heavy atom. The lowest BCUT2D eigenvalue weighted by atomic mass is 10.2. The van der Waals surface area contributed by atoms with Crippen LogP contribution in [0.15, 0.2) is 35.8 Å². The minimum Gasteiger partial charge on any atom is -0.352 e. The summed E-state index contributed by atoms with van der Waals surface area (Å²) in [5.74, 6) is -0.668. The topological polar surface area (TPSA) is 42.0 Å². The molecule has 0 aliphatic rings. The minimum atomic E-state index is -0.405. The Morgan fingerprint density at radius 1 is 1.47 bits per heavy atom. The van der Waals surface area contributed by atoms with Crippen molar-refractivity contribution in [1.82, 2.24) is 10.3 Å². The number of nitrogens with zero attached hydrogens (tertiary/aromatic N) is 1. The highest BCUT2D eigenvalue weighted by molar-refractivity contribution is 7.09. The molecule has 2 rings (SSSR count). The Kier molecular flexibility index (Phi) is 3.82. The lowest BCUT2D eigenvalue weighted by Gasteiger charge is -2.03. The summed E-state index contributed by atoms with van der Waals surface area (Å²) in [7, 11) is 0. The van der Waals surface area contributed by atoms with Gasteiger partial charge in [-0.3, -0.25) is 4.79 Å². The first kappa shape index (κ1) is 11.7. The van der Waals surface area contributed by atoms with Crippen LogP contribution in [-0.4, -0.2) is 17.4 Å². The van der Waals surface area contributed by atoms with Crippen molar-refractivity contribution in [2.75, 3.05) is 6.54 Å². The zero-order chi connectivity index (χ0) is 12.1. The molecule has 1 heterocycles. The molecule has 5 heteroatoms. The summed E-state index contributed by atoms with van der Waals surface area (Å²) < 4.78 is 12.9. The Morgan fingerprint density at radius 3 is 3.06 bits per heavy atom. The number of carbonyl (C=O) groups excluding carboxylic acids is 1. The smallest absolute Gasteiger partial charge is 0.251 e. The maximum Gasteiger partial charge on any atom is 0.251 e. The molecule has 1 aromatic carbocycles. The van der Waals surface area contributed by atoms with E-state index < -0.39 is 5.82 Å². The summed E-state index contributed by atoms with van der Waals surface area (Å²) in [4.78, 5) is 15.7. The van der Waals surface area contributed by atoms with Gasteiger partial charge in [0.2, 0.25) is 0 Å². The van der Waals surface area contributed by atoms with Crippen molar-refractivity contribution in [3.05, 3.63) is 52.2 Å². The van der Waals surface area contributed by atoms with Gasteiger partial charge in [0, 0.05) is 30.1 Å². The van der Waals surface area contributed by atoms with Gasteiger partial charge in [0.15, 0.2) is 0 Å². The van der Waals surface area contributed by atoms with Crippen LogP contribution in [0.25, 0.3) is 0 Å². The highest BCUT2D eigenvalue weighted by Crippen LogP contribution is 2.05. The summed E-state index contributed by atoms with van der Waals surface area (Å²) in [6.07, 6.45) is 2.42. The number of halogens is 1. The van der Waals surface area contributed by atoms with Crippen molar-refractivity contribution >= 4 is 17.2 Å². The van der Waals surface area contributed by atoms with Crippen LogP contribution < -0.4 is 5.32 Å². The van der Waals surface area contributed by atoms with Crippen molar-refractivity contribution < 1.29 is 9.18 Å². The summed E-state index contributed by atoms with van der Waals surface area (Å²) in [5.41, 5.74) is 0.337. The first-order valence-corrected chi connectivity index (χ1v) is 6.06. The average molecular weight is 250 g/mol. The SMILES string of the molecule is O=C(NCCc1nccs1)c1cccc(F)c1. The van der Waals surface area contributed by atoms with Gasteiger partial charge in [-0.2, -0.15) is 0 Å². The Balaban J connectivity index is 1.85. The standard InChI is InChI=1S/C12H11FN2OS/c13-10-3-1-2-9(8-10)12(16)15-5-4-11-14-6-7-17-11/h1-3,6-8H,4-5H2,(H,15,16). The zero-order valence-corrected chi connectivity index (χ0v) is 9.84. The van der Waals surface area contributed by atoms with Gasteiger partial charge in [0.05, 0.1) is 5.01 Å². The minimum absolute atomic E-state index is 0.263. The Bertz CT molecular complexity index is 499. The molecule has 0 atom stereocenters. The molecule has 0 aliphatic heterocycles. The van der Waals surface area contributed by atoms with Gasteiger partial charge in [-0.25, -0.2) is 9.37 Å². The number of amides is 1. The van der Waals surface area contributed by atoms with Crippen LogP contribution in [0.3, 0.4) is 0 Å². The number of rotatable bonds is 4. The number of benzene rings is 1. The van der Waals surface area contributed by atoms with E-state index in [1.165, 1.54) is 18.2 Å². The van der Waals surface area contributed by atoms with E-state index in [4.69, 9.17) is 0 Å². The van der Waals surface area contributed by atoms with Crippen LogP contribution in [0, 0.1) is 5.82 Å². The molecular weight excluding hydrogens is 239 g/mol. The van der Waals surface area contributed by atoms with E-state index in [1.54, 1.807) is 23.6 Å². The number of hydrogen-bond donors (Lipinski definition) is 1. The summed E-state index contributed by atoms with van der Waals surface area (Å²) in [5, 5.41) is 5.59. The maximum absolute atomic E-state index is 12.9. The number of thiazole rings is 1. The molecule has 1 aromatic heterocycles. The lowest BCUT2D eigenvalue weighted by molar-refractivity contribution is 0.0953. The van der Waals surface area contributed by atoms with Crippen LogP contribution in [0.5, 0.6) is 0 Å². The third kappa shape index (κ3) is 3.35. The van der Waals surface area contributed by atoms with Crippen molar-refractivity contribution in [2.45, 2.75) is 6.42 Å². The second-order valence-electron chi connectivity index (χ2n) is 3.44. The quantitative estimate of drug-likeness (QED) is 0.904. The average Bonchev–Trinajstić information content (AvgIpc) is 2.82. The third-order valence-electron chi connectivity index (χ3n) is 2.19. The number of hydrogen-bond acceptors (Lipinski definition) is 3. The van der Waals surface area contributed by atoms with E-state index in [1.807, 2.05) is 5.38 Å². The number of aromatic nitrogens is 1. The molecule has 0 saturated heterocycles. The normalized spacial score (nSPS) is 10.2. The van der Waals surface area contributed by atoms with Crippen LogP contribution in [0.4, 0.5) is 4.39 Å². The fraction of sp³-hybridized carbons (Fsp3) is 0.167. The highest BCUT2D eigenvalue weighted by atomic mass is 32.1. The van der Waals surface area contributed by atoms with Crippen LogP contribution >= 0.6 is 11.3 Å². The zero-order valence-electron chi connectivity index (χ0n) is 9.02. The van der Waals surface area contributed by atoms with E-state index in [0.29, 0.717) is 18.5 Å². The van der Waals surface area contributed by atoms with Gasteiger partial charge < -0.3 is 5.32 Å². The highest BCUT2D eigenvalue weighted by Gasteiger charge is 2.05. The Hall–Kier alpha value is -1.75. The van der Waals surface area contributed by atoms with Crippen LogP contribution in [0.1, 0.15) is 15.4 Å². The monoisotopic (exact) mass is 250 g/mol. The van der Waals surface area contributed by atoms with E-state index in [2.05, 4.69) is 10.3 Å². The predicted molar refractivity (Wildman–Crippen MR) is 64.6 cm³/mol. The van der Waals surface area contributed by atoms with Crippen molar-refractivity contribution in [1.29, 1.82) is 0 Å². The summed E-state index contributed by atoms with van der Waals surface area (Å²) in [6, 6.07) is 5.64. The first-order valence-electron chi connectivity index (χ1n) is 5.18. The van der Waals surface area contributed by atoms with Crippen molar-refractivity contribution in [2.24, 2.45) is 0 Å². The summed E-state index contributed by atoms with van der Waals surface area (Å²) >= 11 is 1.55. The second kappa shape index (κ2) is 5.54. The summed E-state index contributed by atoms with van der Waals surface area (Å²) in [6.45, 7) is 0.503.